The van der Waals surface area contributed by atoms with Crippen LogP contribution in [0.15, 0.2) is 35.1 Å². The Hall–Kier alpha value is -3.31. The number of hydrogen-bond donors (Lipinski definition) is 3. The molecule has 158 valence electrons. The summed E-state index contributed by atoms with van der Waals surface area (Å²) in [5.41, 5.74) is 1.81. The van der Waals surface area contributed by atoms with E-state index in [9.17, 15) is 18.0 Å². The molecule has 9 nitrogen and oxygen atoms in total. The van der Waals surface area contributed by atoms with Crippen molar-refractivity contribution >= 4 is 23.6 Å². The summed E-state index contributed by atoms with van der Waals surface area (Å²) in [6.45, 7) is 3.23. The molecule has 0 bridgehead atoms. The lowest BCUT2D eigenvalue weighted by atomic mass is 10.1. The van der Waals surface area contributed by atoms with Crippen molar-refractivity contribution < 1.29 is 32.4 Å². The fourth-order valence-electron chi connectivity index (χ4n) is 2.52. The van der Waals surface area contributed by atoms with Gasteiger partial charge in [0.1, 0.15) is 0 Å². The zero-order valence-electron chi connectivity index (χ0n) is 15.4. The molecule has 2 amide bonds. The summed E-state index contributed by atoms with van der Waals surface area (Å²) in [5.74, 6) is -2.37. The predicted molar refractivity (Wildman–Crippen MR) is 96.4 cm³/mol. The maximum absolute atomic E-state index is 12.1. The lowest BCUT2D eigenvalue weighted by Gasteiger charge is -2.32. The molecule has 12 heteroatoms. The minimum Gasteiger partial charge on any atom is -0.475 e. The van der Waals surface area contributed by atoms with Gasteiger partial charge in [-0.2, -0.15) is 13.2 Å². The zero-order chi connectivity index (χ0) is 21.4. The Kier molecular flexibility index (Phi) is 7.39. The molecule has 2 aromatic rings. The molecule has 3 N–H and O–H groups in total. The summed E-state index contributed by atoms with van der Waals surface area (Å²) in [6, 6.07) is 5.84. The fourth-order valence-corrected chi connectivity index (χ4v) is 2.52. The average Bonchev–Trinajstić information content (AvgIpc) is 3.07. The van der Waals surface area contributed by atoms with E-state index >= 15 is 0 Å². The summed E-state index contributed by atoms with van der Waals surface area (Å²) in [6.07, 6.45) is 0.269. The Bertz CT molecular complexity index is 805. The summed E-state index contributed by atoms with van der Waals surface area (Å²) >= 11 is 0. The van der Waals surface area contributed by atoms with Crippen molar-refractivity contribution in [2.45, 2.75) is 32.0 Å². The molecular formula is C17H20F3N5O4. The normalized spacial score (nSPS) is 14.6. The molecule has 1 fully saturated rings. The van der Waals surface area contributed by atoms with Crippen LogP contribution in [-0.4, -0.2) is 57.5 Å². The maximum Gasteiger partial charge on any atom is 0.490 e. The Morgan fingerprint density at radius 1 is 1.24 bits per heavy atom. The van der Waals surface area contributed by atoms with Gasteiger partial charge >= 0.3 is 18.2 Å². The van der Waals surface area contributed by atoms with E-state index in [4.69, 9.17) is 14.4 Å². The number of carboxylic acid groups (broad SMARTS) is 1. The second kappa shape index (κ2) is 9.75. The van der Waals surface area contributed by atoms with Gasteiger partial charge in [-0.15, -0.1) is 0 Å². The Morgan fingerprint density at radius 3 is 2.31 bits per heavy atom. The SMILES string of the molecule is Cc1cc(NC(=O)N2CCC(Nc3ccncc3)CC2)on1.O=C(O)C(F)(F)F. The number of hydrogen-bond acceptors (Lipinski definition) is 6. The van der Waals surface area contributed by atoms with Crippen molar-refractivity contribution in [1.82, 2.24) is 15.0 Å². The Morgan fingerprint density at radius 2 is 1.83 bits per heavy atom. The molecular weight excluding hydrogens is 395 g/mol. The zero-order valence-corrected chi connectivity index (χ0v) is 15.4. The van der Waals surface area contributed by atoms with E-state index in [0.29, 0.717) is 25.0 Å². The van der Waals surface area contributed by atoms with Crippen LogP contribution in [-0.2, 0) is 4.79 Å². The highest BCUT2D eigenvalue weighted by atomic mass is 19.4. The standard InChI is InChI=1S/C15H19N5O2.C2HF3O2/c1-11-10-14(22-19-11)18-15(21)20-8-4-13(5-9-20)17-12-2-6-16-7-3-12;3-2(4,5)1(6)7/h2-3,6-7,10,13H,4-5,8-9H2,1H3,(H,16,17)(H,18,21);(H,6,7). The van der Waals surface area contributed by atoms with Crippen LogP contribution >= 0.6 is 0 Å². The molecule has 0 atom stereocenters. The van der Waals surface area contributed by atoms with Crippen LogP contribution in [0.25, 0.3) is 0 Å². The number of nitrogens with one attached hydrogen (secondary N) is 2. The van der Waals surface area contributed by atoms with E-state index in [1.807, 2.05) is 19.1 Å². The van der Waals surface area contributed by atoms with E-state index in [1.54, 1.807) is 23.4 Å². The third kappa shape index (κ3) is 7.31. The number of nitrogens with zero attached hydrogens (tertiary/aromatic N) is 3. The quantitative estimate of drug-likeness (QED) is 0.704. The number of aryl methyl sites for hydroxylation is 1. The first-order valence-corrected chi connectivity index (χ1v) is 8.61. The largest absolute Gasteiger partial charge is 0.490 e. The summed E-state index contributed by atoms with van der Waals surface area (Å²) < 4.78 is 36.7. The third-order valence-electron chi connectivity index (χ3n) is 3.93. The van der Waals surface area contributed by atoms with Crippen molar-refractivity contribution in [3.8, 4) is 0 Å². The van der Waals surface area contributed by atoms with E-state index < -0.39 is 12.1 Å². The predicted octanol–water partition coefficient (Wildman–Crippen LogP) is 3.12. The van der Waals surface area contributed by atoms with Crippen LogP contribution in [0.1, 0.15) is 18.5 Å². The van der Waals surface area contributed by atoms with Gasteiger partial charge in [0, 0.05) is 43.3 Å². The highest BCUT2D eigenvalue weighted by Gasteiger charge is 2.38. The first-order chi connectivity index (χ1) is 13.6. The third-order valence-corrected chi connectivity index (χ3v) is 3.93. The number of carbonyl (C=O) groups excluding carboxylic acids is 1. The second-order valence-electron chi connectivity index (χ2n) is 6.21. The summed E-state index contributed by atoms with van der Waals surface area (Å²) in [4.78, 5) is 26.8. The molecule has 29 heavy (non-hydrogen) atoms. The Labute approximate surface area is 163 Å². The maximum atomic E-state index is 12.1. The van der Waals surface area contributed by atoms with Gasteiger partial charge in [-0.25, -0.2) is 9.59 Å². The van der Waals surface area contributed by atoms with E-state index in [0.717, 1.165) is 24.2 Å². The molecule has 0 saturated carbocycles. The highest BCUT2D eigenvalue weighted by Crippen LogP contribution is 2.17. The topological polar surface area (TPSA) is 121 Å². The minimum atomic E-state index is -5.08. The van der Waals surface area contributed by atoms with Gasteiger partial charge in [-0.3, -0.25) is 10.3 Å². The average molecular weight is 415 g/mol. The number of amides is 2. The number of piperidine rings is 1. The molecule has 1 aliphatic rings. The summed E-state index contributed by atoms with van der Waals surface area (Å²) in [7, 11) is 0. The number of alkyl halides is 3. The molecule has 0 radical (unpaired) electrons. The number of urea groups is 1. The number of likely N-dealkylation sites (tertiary alicyclic amines) is 1. The molecule has 0 aliphatic carbocycles. The number of rotatable bonds is 3. The first kappa shape index (κ1) is 22.0. The van der Waals surface area contributed by atoms with Crippen molar-refractivity contribution in [2.24, 2.45) is 0 Å². The molecule has 3 heterocycles. The van der Waals surface area contributed by atoms with E-state index in [1.165, 1.54) is 0 Å². The highest BCUT2D eigenvalue weighted by molar-refractivity contribution is 5.87. The van der Waals surface area contributed by atoms with Gasteiger partial charge in [0.05, 0.1) is 5.69 Å². The van der Waals surface area contributed by atoms with Gasteiger partial charge in [0.2, 0.25) is 5.88 Å². The number of carboxylic acids is 1. The van der Waals surface area contributed by atoms with Gasteiger partial charge in [-0.05, 0) is 31.9 Å². The van der Waals surface area contributed by atoms with Gasteiger partial charge in [0.25, 0.3) is 0 Å². The minimum absolute atomic E-state index is 0.140. The number of halogens is 3. The van der Waals surface area contributed by atoms with Crippen molar-refractivity contribution in [2.75, 3.05) is 23.7 Å². The smallest absolute Gasteiger partial charge is 0.475 e. The van der Waals surface area contributed by atoms with E-state index in [-0.39, 0.29) is 6.03 Å². The molecule has 0 spiro atoms. The molecule has 0 unspecified atom stereocenters. The number of anilines is 2. The lowest BCUT2D eigenvalue weighted by Crippen LogP contribution is -2.44. The molecule has 3 rings (SSSR count). The Balaban J connectivity index is 0.000000370. The molecule has 0 aromatic carbocycles. The lowest BCUT2D eigenvalue weighted by molar-refractivity contribution is -0.192. The molecule has 1 aliphatic heterocycles. The van der Waals surface area contributed by atoms with Crippen LogP contribution in [0.3, 0.4) is 0 Å². The molecule has 1 saturated heterocycles. The van der Waals surface area contributed by atoms with Crippen molar-refractivity contribution in [3.05, 3.63) is 36.3 Å². The van der Waals surface area contributed by atoms with Crippen LogP contribution in [0.4, 0.5) is 29.5 Å². The number of aromatic nitrogens is 2. The van der Waals surface area contributed by atoms with Crippen LogP contribution in [0.5, 0.6) is 0 Å². The number of pyridine rings is 1. The first-order valence-electron chi connectivity index (χ1n) is 8.61. The van der Waals surface area contributed by atoms with E-state index in [2.05, 4.69) is 20.8 Å². The second-order valence-corrected chi connectivity index (χ2v) is 6.21. The van der Waals surface area contributed by atoms with Gasteiger partial charge in [-0.1, -0.05) is 5.16 Å². The fraction of sp³-hybridized carbons (Fsp3) is 0.412. The molecule has 2 aromatic heterocycles. The van der Waals surface area contributed by atoms with Gasteiger partial charge < -0.3 is 19.8 Å². The summed E-state index contributed by atoms with van der Waals surface area (Å²) in [5, 5.41) is 17.1. The monoisotopic (exact) mass is 415 g/mol. The van der Waals surface area contributed by atoms with Crippen molar-refractivity contribution in [1.29, 1.82) is 0 Å². The number of aliphatic carboxylic acids is 1. The van der Waals surface area contributed by atoms with Crippen LogP contribution < -0.4 is 10.6 Å². The van der Waals surface area contributed by atoms with Crippen molar-refractivity contribution in [3.63, 3.8) is 0 Å². The van der Waals surface area contributed by atoms with Gasteiger partial charge in [0.15, 0.2) is 0 Å². The number of carbonyl (C=O) groups is 2. The van der Waals surface area contributed by atoms with Crippen LogP contribution in [0.2, 0.25) is 0 Å². The van der Waals surface area contributed by atoms with Crippen LogP contribution in [0, 0.1) is 6.92 Å².